The van der Waals surface area contributed by atoms with Crippen molar-refractivity contribution in [3.63, 3.8) is 0 Å². The van der Waals surface area contributed by atoms with Crippen molar-refractivity contribution < 1.29 is 0 Å². The number of hydrogen-bond acceptors (Lipinski definition) is 3. The second-order valence-electron chi connectivity index (χ2n) is 3.41. The summed E-state index contributed by atoms with van der Waals surface area (Å²) in [6.45, 7) is 0. The monoisotopic (exact) mass is 272 g/mol. The van der Waals surface area contributed by atoms with Crippen LogP contribution in [0.2, 0.25) is 10.0 Å². The maximum atomic E-state index is 6.08. The van der Waals surface area contributed by atoms with Crippen LogP contribution in [0.5, 0.6) is 0 Å². The van der Waals surface area contributed by atoms with Crippen LogP contribution in [0.15, 0.2) is 29.9 Å². The van der Waals surface area contributed by atoms with E-state index in [2.05, 4.69) is 4.98 Å². The zero-order valence-corrected chi connectivity index (χ0v) is 10.7. The van der Waals surface area contributed by atoms with E-state index in [-0.39, 0.29) is 6.04 Å². The van der Waals surface area contributed by atoms with Crippen LogP contribution in [-0.4, -0.2) is 4.98 Å². The molecule has 5 heteroatoms. The third kappa shape index (κ3) is 2.55. The van der Waals surface area contributed by atoms with E-state index in [0.29, 0.717) is 16.5 Å². The summed E-state index contributed by atoms with van der Waals surface area (Å²) in [5.74, 6) is 0. The molecule has 1 aromatic carbocycles. The Kier molecular flexibility index (Phi) is 3.82. The van der Waals surface area contributed by atoms with Gasteiger partial charge in [-0.2, -0.15) is 0 Å². The van der Waals surface area contributed by atoms with Crippen LogP contribution in [0.3, 0.4) is 0 Å². The molecule has 1 unspecified atom stereocenters. The molecule has 0 aliphatic rings. The molecular weight excluding hydrogens is 263 g/mol. The van der Waals surface area contributed by atoms with Crippen molar-refractivity contribution in [1.82, 2.24) is 4.98 Å². The minimum Gasteiger partial charge on any atom is -0.323 e. The average molecular weight is 273 g/mol. The molecule has 0 amide bonds. The van der Waals surface area contributed by atoms with E-state index in [9.17, 15) is 0 Å². The van der Waals surface area contributed by atoms with Crippen molar-refractivity contribution in [2.24, 2.45) is 5.73 Å². The first-order chi connectivity index (χ1) is 7.68. The molecule has 2 N–H and O–H groups in total. The van der Waals surface area contributed by atoms with Gasteiger partial charge < -0.3 is 5.73 Å². The first-order valence-corrected chi connectivity index (χ1v) is 6.39. The van der Waals surface area contributed by atoms with Crippen LogP contribution in [0, 0.1) is 0 Å². The molecule has 2 rings (SSSR count). The fraction of sp³-hybridized carbons (Fsp3) is 0.182. The topological polar surface area (TPSA) is 38.9 Å². The number of aromatic nitrogens is 1. The van der Waals surface area contributed by atoms with Crippen molar-refractivity contribution in [2.45, 2.75) is 12.5 Å². The first kappa shape index (κ1) is 11.9. The Morgan fingerprint density at radius 1 is 1.31 bits per heavy atom. The summed E-state index contributed by atoms with van der Waals surface area (Å²) in [6.07, 6.45) is 2.40. The van der Waals surface area contributed by atoms with Crippen LogP contribution in [0.4, 0.5) is 0 Å². The second kappa shape index (κ2) is 5.15. The van der Waals surface area contributed by atoms with Gasteiger partial charge in [0.2, 0.25) is 0 Å². The fourth-order valence-electron chi connectivity index (χ4n) is 1.46. The number of rotatable bonds is 3. The lowest BCUT2D eigenvalue weighted by Gasteiger charge is -2.11. The van der Waals surface area contributed by atoms with Crippen molar-refractivity contribution in [2.75, 3.05) is 0 Å². The molecule has 0 saturated heterocycles. The molecule has 0 radical (unpaired) electrons. The van der Waals surface area contributed by atoms with Crippen LogP contribution >= 0.6 is 34.5 Å². The summed E-state index contributed by atoms with van der Waals surface area (Å²) in [5.41, 5.74) is 8.72. The van der Waals surface area contributed by atoms with Gasteiger partial charge in [0.15, 0.2) is 0 Å². The summed E-state index contributed by atoms with van der Waals surface area (Å²) >= 11 is 13.7. The van der Waals surface area contributed by atoms with E-state index in [1.807, 2.05) is 18.2 Å². The first-order valence-electron chi connectivity index (χ1n) is 4.75. The van der Waals surface area contributed by atoms with E-state index in [0.717, 1.165) is 10.4 Å². The van der Waals surface area contributed by atoms with Crippen LogP contribution in [-0.2, 0) is 6.42 Å². The SMILES string of the molecule is NC(Cc1c(Cl)cccc1Cl)c1cncs1. The number of thiazole rings is 1. The van der Waals surface area contributed by atoms with Crippen molar-refractivity contribution in [1.29, 1.82) is 0 Å². The van der Waals surface area contributed by atoms with Gasteiger partial charge >= 0.3 is 0 Å². The van der Waals surface area contributed by atoms with E-state index < -0.39 is 0 Å². The van der Waals surface area contributed by atoms with Gasteiger partial charge in [0.1, 0.15) is 0 Å². The fourth-order valence-corrected chi connectivity index (χ4v) is 2.63. The molecule has 2 aromatic rings. The number of nitrogens with zero attached hydrogens (tertiary/aromatic N) is 1. The number of halogens is 2. The molecule has 0 spiro atoms. The number of nitrogens with two attached hydrogens (primary N) is 1. The van der Waals surface area contributed by atoms with Gasteiger partial charge in [0.05, 0.1) is 5.51 Å². The molecule has 1 atom stereocenters. The molecule has 0 bridgehead atoms. The zero-order valence-electron chi connectivity index (χ0n) is 8.36. The van der Waals surface area contributed by atoms with Crippen molar-refractivity contribution >= 4 is 34.5 Å². The molecule has 16 heavy (non-hydrogen) atoms. The summed E-state index contributed by atoms with van der Waals surface area (Å²) in [4.78, 5) is 5.04. The molecular formula is C11H10Cl2N2S. The largest absolute Gasteiger partial charge is 0.323 e. The Morgan fingerprint density at radius 2 is 2.00 bits per heavy atom. The van der Waals surface area contributed by atoms with Crippen LogP contribution < -0.4 is 5.73 Å². The molecule has 0 aliphatic carbocycles. The highest BCUT2D eigenvalue weighted by Gasteiger charge is 2.13. The third-order valence-electron chi connectivity index (χ3n) is 2.30. The minimum atomic E-state index is -0.107. The highest BCUT2D eigenvalue weighted by molar-refractivity contribution is 7.09. The molecule has 2 nitrogen and oxygen atoms in total. The van der Waals surface area contributed by atoms with E-state index >= 15 is 0 Å². The maximum absolute atomic E-state index is 6.08. The lowest BCUT2D eigenvalue weighted by molar-refractivity contribution is 0.735. The number of hydrogen-bond donors (Lipinski definition) is 1. The molecule has 0 fully saturated rings. The number of benzene rings is 1. The van der Waals surface area contributed by atoms with Gasteiger partial charge in [-0.25, -0.2) is 0 Å². The smallest absolute Gasteiger partial charge is 0.0794 e. The average Bonchev–Trinajstić information content (AvgIpc) is 2.76. The predicted octanol–water partition coefficient (Wildman–Crippen LogP) is 3.69. The van der Waals surface area contributed by atoms with Gasteiger partial charge in [0, 0.05) is 27.2 Å². The summed E-state index contributed by atoms with van der Waals surface area (Å²) < 4.78 is 0. The standard InChI is InChI=1S/C11H10Cl2N2S/c12-8-2-1-3-9(13)7(8)4-10(14)11-5-15-6-16-11/h1-3,5-6,10H,4,14H2. The molecule has 84 valence electrons. The quantitative estimate of drug-likeness (QED) is 0.926. The molecule has 1 heterocycles. The summed E-state index contributed by atoms with van der Waals surface area (Å²) in [7, 11) is 0. The Morgan fingerprint density at radius 3 is 2.56 bits per heavy atom. The highest BCUT2D eigenvalue weighted by atomic mass is 35.5. The third-order valence-corrected chi connectivity index (χ3v) is 3.92. The van der Waals surface area contributed by atoms with E-state index in [1.54, 1.807) is 11.7 Å². The van der Waals surface area contributed by atoms with Crippen molar-refractivity contribution in [3.05, 3.63) is 50.4 Å². The Labute approximate surface area is 108 Å². The van der Waals surface area contributed by atoms with E-state index in [4.69, 9.17) is 28.9 Å². The Bertz CT molecular complexity index is 451. The zero-order chi connectivity index (χ0) is 11.5. The molecule has 1 aromatic heterocycles. The predicted molar refractivity (Wildman–Crippen MR) is 69.2 cm³/mol. The van der Waals surface area contributed by atoms with E-state index in [1.165, 1.54) is 11.3 Å². The lowest BCUT2D eigenvalue weighted by Crippen LogP contribution is -2.12. The van der Waals surface area contributed by atoms with Crippen LogP contribution in [0.25, 0.3) is 0 Å². The maximum Gasteiger partial charge on any atom is 0.0794 e. The van der Waals surface area contributed by atoms with Gasteiger partial charge in [0.25, 0.3) is 0 Å². The summed E-state index contributed by atoms with van der Waals surface area (Å²) in [5, 5.41) is 1.32. The Hall–Kier alpha value is -0.610. The van der Waals surface area contributed by atoms with Gasteiger partial charge in [-0.3, -0.25) is 4.98 Å². The van der Waals surface area contributed by atoms with Gasteiger partial charge in [-0.1, -0.05) is 29.3 Å². The molecule has 0 saturated carbocycles. The Balaban J connectivity index is 2.21. The van der Waals surface area contributed by atoms with Crippen LogP contribution in [0.1, 0.15) is 16.5 Å². The van der Waals surface area contributed by atoms with Crippen molar-refractivity contribution in [3.8, 4) is 0 Å². The summed E-state index contributed by atoms with van der Waals surface area (Å²) in [6, 6.07) is 5.36. The van der Waals surface area contributed by atoms with Gasteiger partial charge in [-0.15, -0.1) is 11.3 Å². The highest BCUT2D eigenvalue weighted by Crippen LogP contribution is 2.29. The normalized spacial score (nSPS) is 12.7. The molecule has 0 aliphatic heterocycles. The van der Waals surface area contributed by atoms with Gasteiger partial charge in [-0.05, 0) is 24.1 Å². The lowest BCUT2D eigenvalue weighted by atomic mass is 10.1. The minimum absolute atomic E-state index is 0.107. The second-order valence-corrected chi connectivity index (χ2v) is 5.15.